The second kappa shape index (κ2) is 8.26. The van der Waals surface area contributed by atoms with Crippen molar-refractivity contribution in [2.45, 2.75) is 11.8 Å². The Bertz CT molecular complexity index is 589. The number of hydrogen-bond acceptors (Lipinski definition) is 5. The van der Waals surface area contributed by atoms with E-state index in [1.165, 1.54) is 0 Å². The first-order valence-electron chi connectivity index (χ1n) is 7.25. The van der Waals surface area contributed by atoms with Gasteiger partial charge in [0.25, 0.3) is 0 Å². The monoisotopic (exact) mass is 392 g/mol. The molecule has 1 N–H and O–H groups in total. The van der Waals surface area contributed by atoms with E-state index >= 15 is 0 Å². The molecule has 0 radical (unpaired) electrons. The molecule has 0 aromatic heterocycles. The molecule has 0 saturated carbocycles. The minimum atomic E-state index is -3.60. The van der Waals surface area contributed by atoms with Gasteiger partial charge in [-0.05, 0) is 25.1 Å². The fourth-order valence-electron chi connectivity index (χ4n) is 2.21. The molecule has 0 atom stereocenters. The lowest BCUT2D eigenvalue weighted by Crippen LogP contribution is -2.41. The maximum atomic E-state index is 12.5. The molecule has 1 aromatic rings. The Morgan fingerprint density at radius 1 is 1.36 bits per heavy atom. The zero-order valence-electron chi connectivity index (χ0n) is 12.5. The smallest absolute Gasteiger partial charge is 0.244 e. The van der Waals surface area contributed by atoms with Crippen LogP contribution in [0.2, 0.25) is 0 Å². The third kappa shape index (κ3) is 4.92. The van der Waals surface area contributed by atoms with Gasteiger partial charge in [-0.15, -0.1) is 0 Å². The Kier molecular flexibility index (Phi) is 6.64. The molecule has 0 amide bonds. The molecule has 0 spiro atoms. The summed E-state index contributed by atoms with van der Waals surface area (Å²) in [6.07, 6.45) is 0. The lowest BCUT2D eigenvalue weighted by Gasteiger charge is -2.26. The van der Waals surface area contributed by atoms with Crippen molar-refractivity contribution in [1.82, 2.24) is 9.62 Å². The van der Waals surface area contributed by atoms with Gasteiger partial charge in [0.05, 0.1) is 19.8 Å². The summed E-state index contributed by atoms with van der Waals surface area (Å²) >= 11 is 3.30. The number of nitrogens with one attached hydrogen (secondary N) is 1. The van der Waals surface area contributed by atoms with Crippen molar-refractivity contribution in [3.63, 3.8) is 0 Å². The summed E-state index contributed by atoms with van der Waals surface area (Å²) in [4.78, 5) is 2.34. The van der Waals surface area contributed by atoms with E-state index < -0.39 is 10.0 Å². The van der Waals surface area contributed by atoms with Crippen LogP contribution in [-0.4, -0.2) is 59.3 Å². The van der Waals surface area contributed by atoms with E-state index in [1.54, 1.807) is 18.2 Å². The van der Waals surface area contributed by atoms with Crippen LogP contribution in [0.15, 0.2) is 27.6 Å². The maximum absolute atomic E-state index is 12.5. The van der Waals surface area contributed by atoms with Crippen LogP contribution < -0.4 is 9.46 Å². The number of ether oxygens (including phenoxy) is 2. The number of benzene rings is 1. The van der Waals surface area contributed by atoms with Gasteiger partial charge in [-0.1, -0.05) is 15.9 Å². The Morgan fingerprint density at radius 3 is 2.77 bits per heavy atom. The van der Waals surface area contributed by atoms with Crippen LogP contribution in [0.4, 0.5) is 0 Å². The number of morpholine rings is 1. The summed E-state index contributed by atoms with van der Waals surface area (Å²) in [5.41, 5.74) is 0. The molecule has 0 unspecified atom stereocenters. The van der Waals surface area contributed by atoms with Gasteiger partial charge in [0.15, 0.2) is 0 Å². The molecule has 6 nitrogen and oxygen atoms in total. The Labute approximate surface area is 140 Å². The van der Waals surface area contributed by atoms with Gasteiger partial charge in [0.1, 0.15) is 10.6 Å². The lowest BCUT2D eigenvalue weighted by atomic mass is 10.3. The van der Waals surface area contributed by atoms with Crippen LogP contribution in [-0.2, 0) is 14.8 Å². The number of halogens is 1. The summed E-state index contributed by atoms with van der Waals surface area (Å²) in [5, 5.41) is 0. The summed E-state index contributed by atoms with van der Waals surface area (Å²) in [7, 11) is -3.60. The highest BCUT2D eigenvalue weighted by Gasteiger charge is 2.20. The molecular weight excluding hydrogens is 372 g/mol. The van der Waals surface area contributed by atoms with Gasteiger partial charge in [-0.2, -0.15) is 0 Å². The normalized spacial score (nSPS) is 16.6. The minimum Gasteiger partial charge on any atom is -0.492 e. The number of hydrogen-bond donors (Lipinski definition) is 1. The zero-order chi connectivity index (χ0) is 16.0. The van der Waals surface area contributed by atoms with Gasteiger partial charge < -0.3 is 9.47 Å². The van der Waals surface area contributed by atoms with Gasteiger partial charge in [0.2, 0.25) is 10.0 Å². The molecule has 0 bridgehead atoms. The average molecular weight is 393 g/mol. The molecule has 1 heterocycles. The summed E-state index contributed by atoms with van der Waals surface area (Å²) in [5.74, 6) is 0.365. The Hall–Kier alpha value is -0.670. The van der Waals surface area contributed by atoms with E-state index in [0.29, 0.717) is 43.1 Å². The van der Waals surface area contributed by atoms with Crippen molar-refractivity contribution in [2.75, 3.05) is 46.0 Å². The summed E-state index contributed by atoms with van der Waals surface area (Å²) in [6, 6.07) is 4.98. The molecule has 1 fully saturated rings. The Balaban J connectivity index is 2.01. The van der Waals surface area contributed by atoms with Crippen molar-refractivity contribution in [3.05, 3.63) is 22.7 Å². The van der Waals surface area contributed by atoms with Gasteiger partial charge >= 0.3 is 0 Å². The third-order valence-electron chi connectivity index (χ3n) is 3.32. The van der Waals surface area contributed by atoms with E-state index in [1.807, 2.05) is 6.92 Å². The standard InChI is InChI=1S/C14H21BrN2O4S/c1-2-21-13-4-3-12(15)11-14(13)22(18,19)16-5-6-17-7-9-20-10-8-17/h3-4,11,16H,2,5-10H2,1H3. The van der Waals surface area contributed by atoms with Crippen molar-refractivity contribution >= 4 is 26.0 Å². The second-order valence-corrected chi connectivity index (χ2v) is 7.53. The fourth-order valence-corrected chi connectivity index (χ4v) is 3.91. The number of sulfonamides is 1. The number of rotatable bonds is 7. The summed E-state index contributed by atoms with van der Waals surface area (Å²) in [6.45, 7) is 6.34. The molecule has 1 saturated heterocycles. The van der Waals surface area contributed by atoms with Gasteiger partial charge in [0, 0.05) is 30.7 Å². The Morgan fingerprint density at radius 2 is 2.09 bits per heavy atom. The van der Waals surface area contributed by atoms with Gasteiger partial charge in [-0.25, -0.2) is 13.1 Å². The number of nitrogens with zero attached hydrogens (tertiary/aromatic N) is 1. The molecule has 22 heavy (non-hydrogen) atoms. The highest BCUT2D eigenvalue weighted by atomic mass is 79.9. The van der Waals surface area contributed by atoms with Crippen molar-refractivity contribution < 1.29 is 17.9 Å². The molecule has 1 aliphatic heterocycles. The molecular formula is C14H21BrN2O4S. The maximum Gasteiger partial charge on any atom is 0.244 e. The first-order valence-corrected chi connectivity index (χ1v) is 9.52. The van der Waals surface area contributed by atoms with Crippen LogP contribution in [0.1, 0.15) is 6.92 Å². The molecule has 1 aromatic carbocycles. The molecule has 124 valence electrons. The fraction of sp³-hybridized carbons (Fsp3) is 0.571. The van der Waals surface area contributed by atoms with E-state index in [4.69, 9.17) is 9.47 Å². The van der Waals surface area contributed by atoms with Crippen LogP contribution in [0.25, 0.3) is 0 Å². The zero-order valence-corrected chi connectivity index (χ0v) is 15.0. The first kappa shape index (κ1) is 17.7. The minimum absolute atomic E-state index is 0.158. The largest absolute Gasteiger partial charge is 0.492 e. The highest BCUT2D eigenvalue weighted by molar-refractivity contribution is 9.10. The van der Waals surface area contributed by atoms with Crippen LogP contribution in [0, 0.1) is 0 Å². The molecule has 2 rings (SSSR count). The van der Waals surface area contributed by atoms with Crippen LogP contribution in [0.3, 0.4) is 0 Å². The molecule has 1 aliphatic rings. The predicted molar refractivity (Wildman–Crippen MR) is 87.8 cm³/mol. The van der Waals surface area contributed by atoms with Crippen LogP contribution >= 0.6 is 15.9 Å². The van der Waals surface area contributed by atoms with E-state index in [0.717, 1.165) is 13.1 Å². The molecule has 8 heteroatoms. The van der Waals surface area contributed by atoms with Gasteiger partial charge in [-0.3, -0.25) is 4.90 Å². The SMILES string of the molecule is CCOc1ccc(Br)cc1S(=O)(=O)NCCN1CCOCC1. The quantitative estimate of drug-likeness (QED) is 0.760. The summed E-state index contributed by atoms with van der Waals surface area (Å²) < 4.78 is 38.9. The highest BCUT2D eigenvalue weighted by Crippen LogP contribution is 2.27. The van der Waals surface area contributed by atoms with Crippen LogP contribution in [0.5, 0.6) is 5.75 Å². The lowest BCUT2D eigenvalue weighted by molar-refractivity contribution is 0.0390. The molecule has 0 aliphatic carbocycles. The van der Waals surface area contributed by atoms with Crippen molar-refractivity contribution in [2.24, 2.45) is 0 Å². The van der Waals surface area contributed by atoms with Crippen molar-refractivity contribution in [3.8, 4) is 5.75 Å². The second-order valence-electron chi connectivity index (χ2n) is 4.88. The average Bonchev–Trinajstić information content (AvgIpc) is 2.50. The van der Waals surface area contributed by atoms with E-state index in [-0.39, 0.29) is 4.90 Å². The van der Waals surface area contributed by atoms with E-state index in [2.05, 4.69) is 25.6 Å². The van der Waals surface area contributed by atoms with Crippen molar-refractivity contribution in [1.29, 1.82) is 0 Å². The predicted octanol–water partition coefficient (Wildman–Crippen LogP) is 1.46. The first-order chi connectivity index (χ1) is 10.5. The third-order valence-corrected chi connectivity index (χ3v) is 5.29. The topological polar surface area (TPSA) is 67.9 Å². The van der Waals surface area contributed by atoms with E-state index in [9.17, 15) is 8.42 Å².